The predicted octanol–water partition coefficient (Wildman–Crippen LogP) is 5.53. The molecule has 4 aromatic rings. The zero-order valence-electron chi connectivity index (χ0n) is 20.6. The van der Waals surface area contributed by atoms with Gasteiger partial charge in [-0.1, -0.05) is 54.2 Å². The lowest BCUT2D eigenvalue weighted by Gasteiger charge is -2.31. The zero-order valence-corrected chi connectivity index (χ0v) is 21.4. The summed E-state index contributed by atoms with van der Waals surface area (Å²) in [4.78, 5) is 7.02. The minimum Gasteiger partial charge on any atom is -0.377 e. The second-order valence-electron chi connectivity index (χ2n) is 9.94. The van der Waals surface area contributed by atoms with Gasteiger partial charge in [-0.05, 0) is 68.1 Å². The second kappa shape index (κ2) is 11.1. The first-order chi connectivity index (χ1) is 17.8. The summed E-state index contributed by atoms with van der Waals surface area (Å²) in [6.07, 6.45) is 6.74. The first-order valence-corrected chi connectivity index (χ1v) is 14.1. The number of likely N-dealkylation sites (tertiary alicyclic amines) is 1. The number of benzene rings is 2. The van der Waals surface area contributed by atoms with Crippen LogP contribution in [0.1, 0.15) is 48.6 Å². The molecule has 186 valence electrons. The maximum atomic E-state index is 5.85. The highest BCUT2D eigenvalue weighted by molar-refractivity contribution is 7.99. The first kappa shape index (κ1) is 23.6. The molecule has 2 saturated heterocycles. The number of nitrogens with zero attached hydrogens (tertiary/aromatic N) is 5. The van der Waals surface area contributed by atoms with Crippen molar-refractivity contribution in [2.24, 2.45) is 0 Å². The van der Waals surface area contributed by atoms with Crippen LogP contribution in [-0.4, -0.2) is 56.2 Å². The number of rotatable bonds is 8. The van der Waals surface area contributed by atoms with Crippen LogP contribution in [-0.2, 0) is 17.8 Å². The molecule has 2 aromatic heterocycles. The molecule has 6 rings (SSSR count). The smallest absolute Gasteiger partial charge is 0.191 e. The molecule has 0 unspecified atom stereocenters. The fourth-order valence-corrected chi connectivity index (χ4v) is 6.41. The van der Waals surface area contributed by atoms with E-state index in [2.05, 4.69) is 74.1 Å². The number of hydrogen-bond donors (Lipinski definition) is 0. The molecular formula is C29H33N5OS. The molecule has 4 heterocycles. The molecular weight excluding hydrogens is 466 g/mol. The Bertz CT molecular complexity index is 1280. The summed E-state index contributed by atoms with van der Waals surface area (Å²) in [5.74, 6) is 2.53. The van der Waals surface area contributed by atoms with Gasteiger partial charge in [-0.2, -0.15) is 0 Å². The van der Waals surface area contributed by atoms with Gasteiger partial charge in [0.2, 0.25) is 0 Å². The van der Waals surface area contributed by atoms with E-state index in [1.165, 1.54) is 22.9 Å². The van der Waals surface area contributed by atoms with Crippen LogP contribution in [0.2, 0.25) is 0 Å². The predicted molar refractivity (Wildman–Crippen MR) is 144 cm³/mol. The average Bonchev–Trinajstić information content (AvgIpc) is 3.59. The Morgan fingerprint density at radius 3 is 2.61 bits per heavy atom. The van der Waals surface area contributed by atoms with Crippen LogP contribution in [0.15, 0.2) is 72.0 Å². The van der Waals surface area contributed by atoms with Gasteiger partial charge in [0, 0.05) is 36.4 Å². The van der Waals surface area contributed by atoms with Gasteiger partial charge in [0.05, 0.1) is 18.2 Å². The SMILES string of the molecule is c1ccc(Cn2c(SC[C@H]3CCCO3)nnc2C2CCN(Cc3ccc4ncccc4c3)CC2)cc1. The highest BCUT2D eigenvalue weighted by atomic mass is 32.2. The molecule has 0 N–H and O–H groups in total. The summed E-state index contributed by atoms with van der Waals surface area (Å²) < 4.78 is 8.22. The molecule has 1 atom stereocenters. The van der Waals surface area contributed by atoms with E-state index in [-0.39, 0.29) is 0 Å². The van der Waals surface area contributed by atoms with Crippen molar-refractivity contribution >= 4 is 22.7 Å². The van der Waals surface area contributed by atoms with E-state index in [0.29, 0.717) is 12.0 Å². The quantitative estimate of drug-likeness (QED) is 0.297. The van der Waals surface area contributed by atoms with E-state index in [9.17, 15) is 0 Å². The Labute approximate surface area is 217 Å². The average molecular weight is 500 g/mol. The van der Waals surface area contributed by atoms with Gasteiger partial charge < -0.3 is 9.30 Å². The van der Waals surface area contributed by atoms with Crippen LogP contribution in [0.5, 0.6) is 0 Å². The Kier molecular flexibility index (Phi) is 7.30. The molecule has 0 spiro atoms. The molecule has 0 saturated carbocycles. The molecule has 2 aliphatic heterocycles. The molecule has 36 heavy (non-hydrogen) atoms. The fraction of sp³-hybridized carbons (Fsp3) is 0.414. The van der Waals surface area contributed by atoms with Crippen LogP contribution in [0.25, 0.3) is 10.9 Å². The van der Waals surface area contributed by atoms with Crippen molar-refractivity contribution in [1.82, 2.24) is 24.6 Å². The Morgan fingerprint density at radius 1 is 0.889 bits per heavy atom. The number of aromatic nitrogens is 4. The first-order valence-electron chi connectivity index (χ1n) is 13.1. The van der Waals surface area contributed by atoms with Gasteiger partial charge in [-0.3, -0.25) is 9.88 Å². The zero-order chi connectivity index (χ0) is 24.2. The van der Waals surface area contributed by atoms with Crippen molar-refractivity contribution in [1.29, 1.82) is 0 Å². The molecule has 2 aliphatic rings. The van der Waals surface area contributed by atoms with E-state index in [1.807, 2.05) is 12.3 Å². The third kappa shape index (κ3) is 5.48. The van der Waals surface area contributed by atoms with E-state index in [4.69, 9.17) is 9.84 Å². The Morgan fingerprint density at radius 2 is 1.78 bits per heavy atom. The normalized spacial score (nSPS) is 19.3. The van der Waals surface area contributed by atoms with Gasteiger partial charge in [0.15, 0.2) is 5.16 Å². The molecule has 0 radical (unpaired) electrons. The summed E-state index contributed by atoms with van der Waals surface area (Å²) in [6.45, 7) is 4.85. The number of ether oxygens (including phenoxy) is 1. The van der Waals surface area contributed by atoms with Crippen molar-refractivity contribution in [3.8, 4) is 0 Å². The van der Waals surface area contributed by atoms with Crippen LogP contribution >= 0.6 is 11.8 Å². The number of fused-ring (bicyclic) bond motifs is 1. The lowest BCUT2D eigenvalue weighted by atomic mass is 9.95. The van der Waals surface area contributed by atoms with Crippen molar-refractivity contribution in [3.05, 3.63) is 83.8 Å². The Balaban J connectivity index is 1.14. The van der Waals surface area contributed by atoms with E-state index in [1.54, 1.807) is 11.8 Å². The highest BCUT2D eigenvalue weighted by Gasteiger charge is 2.27. The number of hydrogen-bond acceptors (Lipinski definition) is 6. The number of thioether (sulfide) groups is 1. The van der Waals surface area contributed by atoms with E-state index in [0.717, 1.165) is 74.3 Å². The van der Waals surface area contributed by atoms with Gasteiger partial charge >= 0.3 is 0 Å². The molecule has 6 nitrogen and oxygen atoms in total. The molecule has 0 bridgehead atoms. The van der Waals surface area contributed by atoms with Gasteiger partial charge in [0.25, 0.3) is 0 Å². The summed E-state index contributed by atoms with van der Waals surface area (Å²) in [7, 11) is 0. The van der Waals surface area contributed by atoms with Crippen molar-refractivity contribution < 1.29 is 4.74 Å². The topological polar surface area (TPSA) is 56.1 Å². The summed E-state index contributed by atoms with van der Waals surface area (Å²) >= 11 is 1.80. The largest absolute Gasteiger partial charge is 0.377 e. The molecule has 0 aliphatic carbocycles. The van der Waals surface area contributed by atoms with Crippen molar-refractivity contribution in [2.45, 2.75) is 56.0 Å². The van der Waals surface area contributed by atoms with Crippen LogP contribution in [0.4, 0.5) is 0 Å². The maximum absolute atomic E-state index is 5.85. The standard InChI is InChI=1S/C29H33N5OS/c1-2-6-22(7-3-1)20-34-28(31-32-29(34)36-21-26-9-5-17-35-26)24-12-15-33(16-13-24)19-23-10-11-27-25(18-23)8-4-14-30-27/h1-4,6-8,10-11,14,18,24,26H,5,9,12-13,15-17,19-21H2/t26-/m1/s1. The minimum absolute atomic E-state index is 0.342. The van der Waals surface area contributed by atoms with Gasteiger partial charge in [0.1, 0.15) is 5.82 Å². The van der Waals surface area contributed by atoms with Crippen molar-refractivity contribution in [2.75, 3.05) is 25.4 Å². The van der Waals surface area contributed by atoms with Crippen LogP contribution in [0, 0.1) is 0 Å². The van der Waals surface area contributed by atoms with Crippen LogP contribution in [0.3, 0.4) is 0 Å². The summed E-state index contributed by atoms with van der Waals surface area (Å²) in [5, 5.41) is 11.7. The lowest BCUT2D eigenvalue weighted by Crippen LogP contribution is -2.33. The summed E-state index contributed by atoms with van der Waals surface area (Å²) in [6, 6.07) is 21.5. The highest BCUT2D eigenvalue weighted by Crippen LogP contribution is 2.32. The summed E-state index contributed by atoms with van der Waals surface area (Å²) in [5.41, 5.74) is 3.71. The number of pyridine rings is 1. The molecule has 0 amide bonds. The third-order valence-electron chi connectivity index (χ3n) is 7.38. The second-order valence-corrected chi connectivity index (χ2v) is 10.9. The monoisotopic (exact) mass is 499 g/mol. The minimum atomic E-state index is 0.342. The van der Waals surface area contributed by atoms with E-state index >= 15 is 0 Å². The third-order valence-corrected chi connectivity index (χ3v) is 8.48. The number of piperidine rings is 1. The van der Waals surface area contributed by atoms with Gasteiger partial charge in [-0.25, -0.2) is 0 Å². The maximum Gasteiger partial charge on any atom is 0.191 e. The van der Waals surface area contributed by atoms with Crippen molar-refractivity contribution in [3.63, 3.8) is 0 Å². The van der Waals surface area contributed by atoms with E-state index < -0.39 is 0 Å². The lowest BCUT2D eigenvalue weighted by molar-refractivity contribution is 0.129. The molecule has 7 heteroatoms. The van der Waals surface area contributed by atoms with Crippen LogP contribution < -0.4 is 0 Å². The van der Waals surface area contributed by atoms with Gasteiger partial charge in [-0.15, -0.1) is 10.2 Å². The molecule has 2 aromatic carbocycles. The fourth-order valence-electron chi connectivity index (χ4n) is 5.40. The Hall–Kier alpha value is -2.74. The molecule has 2 fully saturated rings.